The lowest BCUT2D eigenvalue weighted by atomic mass is 9.87. The summed E-state index contributed by atoms with van der Waals surface area (Å²) in [5.41, 5.74) is 8.46. The first-order chi connectivity index (χ1) is 21.4. The van der Waals surface area contributed by atoms with E-state index in [1.807, 2.05) is 17.0 Å². The summed E-state index contributed by atoms with van der Waals surface area (Å²) in [4.78, 5) is 39.4. The fourth-order valence-electron chi connectivity index (χ4n) is 4.91. The molecule has 1 aromatic heterocycles. The molecule has 2 aliphatic heterocycles. The second-order valence-electron chi connectivity index (χ2n) is 10.4. The molecule has 2 aliphatic rings. The van der Waals surface area contributed by atoms with Crippen LogP contribution < -0.4 is 5.73 Å². The Labute approximate surface area is 259 Å². The van der Waals surface area contributed by atoms with Gasteiger partial charge in [0.2, 0.25) is 5.91 Å². The van der Waals surface area contributed by atoms with Crippen molar-refractivity contribution in [3.05, 3.63) is 41.5 Å². The molecular weight excluding hydrogens is 628 g/mol. The number of rotatable bonds is 5. The molecular formula is C29H33F6N5O6. The number of carboxylic acid groups (broad SMARTS) is 2. The van der Waals surface area contributed by atoms with E-state index in [9.17, 15) is 41.5 Å². The number of piperidine rings is 2. The lowest BCUT2D eigenvalue weighted by molar-refractivity contribution is -0.193. The third-order valence-electron chi connectivity index (χ3n) is 7.16. The number of likely N-dealkylation sites (tertiary alicyclic amines) is 2. The molecule has 5 N–H and O–H groups in total. The number of hydrogen-bond acceptors (Lipinski definition) is 8. The van der Waals surface area contributed by atoms with Gasteiger partial charge >= 0.3 is 24.3 Å². The van der Waals surface area contributed by atoms with Gasteiger partial charge in [-0.25, -0.2) is 14.6 Å². The summed E-state index contributed by atoms with van der Waals surface area (Å²) in [5, 5.41) is 34.3. The van der Waals surface area contributed by atoms with Gasteiger partial charge in [-0.15, -0.1) is 0 Å². The Morgan fingerprint density at radius 1 is 0.957 bits per heavy atom. The fraction of sp³-hybridized carbons (Fsp3) is 0.483. The lowest BCUT2D eigenvalue weighted by Crippen LogP contribution is -2.41. The molecule has 2 aromatic rings. The van der Waals surface area contributed by atoms with Crippen LogP contribution in [0.4, 0.5) is 32.2 Å². The van der Waals surface area contributed by atoms with Crippen molar-refractivity contribution >= 4 is 23.7 Å². The number of para-hydroxylation sites is 1. The van der Waals surface area contributed by atoms with Crippen LogP contribution in [0.5, 0.6) is 5.75 Å². The normalized spacial score (nSPS) is 17.0. The Kier molecular flexibility index (Phi) is 13.6. The molecule has 1 amide bonds. The Bertz CT molecular complexity index is 1380. The monoisotopic (exact) mass is 661 g/mol. The summed E-state index contributed by atoms with van der Waals surface area (Å²) in [6.07, 6.45) is -4.12. The minimum absolute atomic E-state index is 0.0206. The highest BCUT2D eigenvalue weighted by Crippen LogP contribution is 2.36. The van der Waals surface area contributed by atoms with Crippen LogP contribution in [0.1, 0.15) is 55.6 Å². The maximum absolute atomic E-state index is 12.9. The number of anilines is 1. The van der Waals surface area contributed by atoms with Gasteiger partial charge in [0, 0.05) is 37.5 Å². The molecule has 0 aliphatic carbocycles. The van der Waals surface area contributed by atoms with Crippen molar-refractivity contribution in [1.82, 2.24) is 14.8 Å². The van der Waals surface area contributed by atoms with E-state index in [4.69, 9.17) is 25.5 Å². The number of amides is 1. The van der Waals surface area contributed by atoms with Crippen molar-refractivity contribution < 1.29 is 56.0 Å². The van der Waals surface area contributed by atoms with Crippen molar-refractivity contribution in [1.29, 1.82) is 5.26 Å². The van der Waals surface area contributed by atoms with Crippen LogP contribution in [-0.4, -0.2) is 93.0 Å². The van der Waals surface area contributed by atoms with Crippen molar-refractivity contribution in [2.45, 2.75) is 56.8 Å². The number of nitrogens with two attached hydrogens (primary N) is 1. The summed E-state index contributed by atoms with van der Waals surface area (Å²) in [5.74, 6) is -5.03. The zero-order valence-electron chi connectivity index (χ0n) is 24.4. The molecule has 46 heavy (non-hydrogen) atoms. The van der Waals surface area contributed by atoms with E-state index < -0.39 is 24.3 Å². The first kappa shape index (κ1) is 37.6. The van der Waals surface area contributed by atoms with E-state index in [1.165, 1.54) is 19.3 Å². The topological polar surface area (TPSA) is 181 Å². The van der Waals surface area contributed by atoms with E-state index in [0.29, 0.717) is 29.8 Å². The number of carbonyl (C=O) groups excluding carboxylic acids is 1. The summed E-state index contributed by atoms with van der Waals surface area (Å²) in [7, 11) is 0. The Balaban J connectivity index is 0.000000440. The van der Waals surface area contributed by atoms with Crippen LogP contribution in [0.15, 0.2) is 30.3 Å². The Morgan fingerprint density at radius 2 is 1.52 bits per heavy atom. The molecule has 252 valence electrons. The molecule has 0 saturated carbocycles. The molecule has 0 bridgehead atoms. The van der Waals surface area contributed by atoms with Gasteiger partial charge in [0.25, 0.3) is 0 Å². The molecule has 1 atom stereocenters. The quantitative estimate of drug-likeness (QED) is 0.326. The number of aromatic nitrogens is 1. The number of aliphatic carboxylic acids is 2. The highest BCUT2D eigenvalue weighted by molar-refractivity contribution is 5.77. The lowest BCUT2D eigenvalue weighted by Gasteiger charge is -2.34. The van der Waals surface area contributed by atoms with Crippen molar-refractivity contribution in [3.8, 4) is 23.1 Å². The Morgan fingerprint density at radius 3 is 2.04 bits per heavy atom. The van der Waals surface area contributed by atoms with E-state index in [0.717, 1.165) is 44.6 Å². The average Bonchev–Trinajstić information content (AvgIpc) is 3.00. The second-order valence-corrected chi connectivity index (χ2v) is 10.4. The summed E-state index contributed by atoms with van der Waals surface area (Å²) < 4.78 is 63.5. The number of phenolic OH excluding ortho intramolecular Hbond substituents is 1. The van der Waals surface area contributed by atoms with Gasteiger partial charge in [-0.3, -0.25) is 4.79 Å². The number of carbonyl (C=O) groups is 3. The predicted molar refractivity (Wildman–Crippen MR) is 151 cm³/mol. The zero-order chi connectivity index (χ0) is 34.7. The molecule has 11 nitrogen and oxygen atoms in total. The maximum atomic E-state index is 12.9. The van der Waals surface area contributed by atoms with E-state index in [1.54, 1.807) is 18.2 Å². The van der Waals surface area contributed by atoms with Crippen molar-refractivity contribution in [3.63, 3.8) is 0 Å². The largest absolute Gasteiger partial charge is 0.507 e. The number of alkyl halides is 6. The smallest absolute Gasteiger partial charge is 0.490 e. The van der Waals surface area contributed by atoms with Gasteiger partial charge in [-0.1, -0.05) is 18.6 Å². The van der Waals surface area contributed by atoms with E-state index in [-0.39, 0.29) is 23.4 Å². The number of hydrogen-bond donors (Lipinski definition) is 4. The van der Waals surface area contributed by atoms with Crippen molar-refractivity contribution in [2.24, 2.45) is 0 Å². The van der Waals surface area contributed by atoms with E-state index >= 15 is 0 Å². The van der Waals surface area contributed by atoms with Gasteiger partial charge in [-0.05, 0) is 62.5 Å². The average molecular weight is 662 g/mol. The highest BCUT2D eigenvalue weighted by Gasteiger charge is 2.39. The first-order valence-corrected chi connectivity index (χ1v) is 14.0. The summed E-state index contributed by atoms with van der Waals surface area (Å²) in [6.45, 7) is 4.34. The predicted octanol–water partition coefficient (Wildman–Crippen LogP) is 4.76. The van der Waals surface area contributed by atoms with Crippen molar-refractivity contribution in [2.75, 3.05) is 38.5 Å². The number of pyridine rings is 1. The molecule has 0 spiro atoms. The van der Waals surface area contributed by atoms with Gasteiger partial charge in [0.15, 0.2) is 0 Å². The number of nitrogen functional groups attached to an aromatic ring is 1. The van der Waals surface area contributed by atoms with E-state index in [2.05, 4.69) is 16.0 Å². The Hall–Kier alpha value is -4.59. The summed E-state index contributed by atoms with van der Waals surface area (Å²) in [6, 6.07) is 11.0. The molecule has 2 saturated heterocycles. The number of benzene rings is 1. The third kappa shape index (κ3) is 11.4. The molecule has 1 unspecified atom stereocenters. The third-order valence-corrected chi connectivity index (χ3v) is 7.16. The van der Waals surface area contributed by atoms with Crippen LogP contribution in [-0.2, 0) is 14.4 Å². The second kappa shape index (κ2) is 16.6. The van der Waals surface area contributed by atoms with Crippen LogP contribution >= 0.6 is 0 Å². The molecule has 1 aromatic carbocycles. The molecule has 4 rings (SSSR count). The SMILES string of the molecule is N#Cc1c(C2CCCN(C(=O)CCN3CCCCC3)C2)cc(-c2ccccc2O)nc1N.O=C(O)C(F)(F)F.O=C(O)C(F)(F)F. The van der Waals surface area contributed by atoms with Gasteiger partial charge < -0.3 is 30.9 Å². The molecule has 3 heterocycles. The van der Waals surface area contributed by atoms with Gasteiger partial charge in [0.05, 0.1) is 11.3 Å². The molecule has 17 heteroatoms. The van der Waals surface area contributed by atoms with Crippen LogP contribution in [0.3, 0.4) is 0 Å². The number of halogens is 6. The standard InChI is InChI=1S/C25H31N5O2.2C2HF3O2/c26-16-21-20(15-22(28-25(21)27)19-8-2-3-9-23(19)31)18-7-6-13-30(17-18)24(32)10-14-29-11-4-1-5-12-29;2*3-2(4,5)1(6)7/h2-3,8-9,15,18,31H,1,4-7,10-14,17H2,(H2,27,28);2*(H,6,7). The number of nitrogens with zero attached hydrogens (tertiary/aromatic N) is 4. The fourth-order valence-corrected chi connectivity index (χ4v) is 4.91. The van der Waals surface area contributed by atoms with Crippen LogP contribution in [0.2, 0.25) is 0 Å². The summed E-state index contributed by atoms with van der Waals surface area (Å²) >= 11 is 0. The molecule has 0 radical (unpaired) electrons. The number of nitriles is 1. The number of aromatic hydroxyl groups is 1. The molecule has 2 fully saturated rings. The zero-order valence-corrected chi connectivity index (χ0v) is 24.4. The van der Waals surface area contributed by atoms with Gasteiger partial charge in [0.1, 0.15) is 17.6 Å². The minimum atomic E-state index is -5.08. The number of carboxylic acids is 2. The number of phenols is 1. The first-order valence-electron chi connectivity index (χ1n) is 14.0. The minimum Gasteiger partial charge on any atom is -0.507 e. The maximum Gasteiger partial charge on any atom is 0.490 e. The highest BCUT2D eigenvalue weighted by atomic mass is 19.4. The van der Waals surface area contributed by atoms with Gasteiger partial charge in [-0.2, -0.15) is 31.6 Å². The van der Waals surface area contributed by atoms with Crippen LogP contribution in [0, 0.1) is 11.3 Å². The van der Waals surface area contributed by atoms with Crippen LogP contribution in [0.25, 0.3) is 11.3 Å².